The first-order chi connectivity index (χ1) is 8.83. The van der Waals surface area contributed by atoms with E-state index in [1.165, 1.54) is 36.1 Å². The minimum atomic E-state index is 0.353. The predicted octanol–water partition coefficient (Wildman–Crippen LogP) is 2.10. The molecule has 1 saturated heterocycles. The molecule has 0 atom stereocenters. The van der Waals surface area contributed by atoms with Gasteiger partial charge in [0.05, 0.1) is 19.8 Å². The van der Waals surface area contributed by atoms with E-state index in [1.807, 2.05) is 0 Å². The van der Waals surface area contributed by atoms with E-state index in [-0.39, 0.29) is 0 Å². The number of thioether (sulfide) groups is 1. The summed E-state index contributed by atoms with van der Waals surface area (Å²) in [6, 6.07) is 0. The lowest BCUT2D eigenvalue weighted by Crippen LogP contribution is -2.16. The van der Waals surface area contributed by atoms with Gasteiger partial charge in [-0.2, -0.15) is 0 Å². The second kappa shape index (κ2) is 11.1. The third-order valence-corrected chi connectivity index (χ3v) is 6.07. The molecule has 0 unspecified atom stereocenters. The monoisotopic (exact) mass is 293 g/mol. The molecule has 0 aliphatic carbocycles. The average Bonchev–Trinajstić information content (AvgIpc) is 2.85. The lowest BCUT2D eigenvalue weighted by atomic mass is 10.4. The quantitative estimate of drug-likeness (QED) is 0.456. The van der Waals surface area contributed by atoms with E-state index in [0.29, 0.717) is 35.8 Å². The molecule has 0 N–H and O–H groups in total. The van der Waals surface area contributed by atoms with Crippen molar-refractivity contribution in [3.8, 4) is 0 Å². The van der Waals surface area contributed by atoms with E-state index in [2.05, 4.69) is 6.92 Å². The van der Waals surface area contributed by atoms with Gasteiger partial charge in [-0.05, 0) is 30.2 Å². The molecule has 3 nitrogen and oxygen atoms in total. The summed E-state index contributed by atoms with van der Waals surface area (Å²) in [6.07, 6.45) is 3.69. The zero-order chi connectivity index (χ0) is 13.1. The number of rotatable bonds is 10. The first kappa shape index (κ1) is 16.3. The Bertz CT molecular complexity index is 218. The van der Waals surface area contributed by atoms with Crippen molar-refractivity contribution >= 4 is 27.8 Å². The second-order valence-corrected chi connectivity index (χ2v) is 7.80. The number of hydrogen-bond donors (Lipinski definition) is 0. The van der Waals surface area contributed by atoms with Gasteiger partial charge in [0.1, 0.15) is 11.5 Å². The van der Waals surface area contributed by atoms with Crippen LogP contribution in [0.15, 0.2) is 0 Å². The molecule has 0 radical (unpaired) electrons. The van der Waals surface area contributed by atoms with Crippen LogP contribution in [0.25, 0.3) is 0 Å². The molecule has 1 fully saturated rings. The fraction of sp³-hybridized carbons (Fsp3) is 0.923. The molecule has 0 amide bonds. The van der Waals surface area contributed by atoms with E-state index in [4.69, 9.17) is 9.47 Å². The highest BCUT2D eigenvalue weighted by Gasteiger charge is 2.26. The van der Waals surface area contributed by atoms with Gasteiger partial charge in [-0.15, -0.1) is 0 Å². The number of hydrogen-bond acceptors (Lipinski definition) is 4. The maximum Gasteiger partial charge on any atom is 0.238 e. The molecule has 1 heterocycles. The van der Waals surface area contributed by atoms with Crippen LogP contribution in [-0.4, -0.2) is 54.6 Å². The number of ether oxygens (including phenoxy) is 2. The second-order valence-electron chi connectivity index (χ2n) is 4.32. The molecule has 1 aliphatic rings. The average molecular weight is 293 g/mol. The third-order valence-electron chi connectivity index (χ3n) is 2.65. The Hall–Kier alpha value is 0.290. The van der Waals surface area contributed by atoms with Crippen LogP contribution in [0.4, 0.5) is 0 Å². The lowest BCUT2D eigenvalue weighted by molar-refractivity contribution is -0.108. The molecule has 18 heavy (non-hydrogen) atoms. The molecule has 0 aromatic rings. The maximum absolute atomic E-state index is 11.7. The Morgan fingerprint density at radius 1 is 1.11 bits per heavy atom. The highest BCUT2D eigenvalue weighted by molar-refractivity contribution is 8.15. The first-order valence-electron chi connectivity index (χ1n) is 6.78. The van der Waals surface area contributed by atoms with Gasteiger partial charge in [0.25, 0.3) is 0 Å². The zero-order valence-electron chi connectivity index (χ0n) is 11.3. The summed E-state index contributed by atoms with van der Waals surface area (Å²) in [4.78, 5) is 11.7. The highest BCUT2D eigenvalue weighted by Crippen LogP contribution is 2.16. The first-order valence-corrected chi connectivity index (χ1v) is 9.50. The summed E-state index contributed by atoms with van der Waals surface area (Å²) >= 11 is 1.43. The van der Waals surface area contributed by atoms with Crippen LogP contribution in [-0.2, 0) is 25.2 Å². The van der Waals surface area contributed by atoms with E-state index >= 15 is 0 Å². The molecule has 1 rings (SSSR count). The summed E-state index contributed by atoms with van der Waals surface area (Å²) in [5.74, 6) is 4.13. The summed E-state index contributed by atoms with van der Waals surface area (Å²) < 4.78 is 10.7. The highest BCUT2D eigenvalue weighted by atomic mass is 32.2. The smallest absolute Gasteiger partial charge is 0.238 e. The standard InChI is InChI=1S/C13H25O3S2/c1-2-5-15-6-7-16-8-9-17-13(14)12-18-10-3-4-11-18/h2-12H2,1H3/q+1. The Morgan fingerprint density at radius 2 is 1.78 bits per heavy atom. The van der Waals surface area contributed by atoms with Crippen molar-refractivity contribution in [2.24, 2.45) is 0 Å². The Morgan fingerprint density at radius 3 is 2.44 bits per heavy atom. The fourth-order valence-electron chi connectivity index (χ4n) is 1.75. The van der Waals surface area contributed by atoms with E-state index in [9.17, 15) is 4.79 Å². The van der Waals surface area contributed by atoms with Crippen LogP contribution in [0.3, 0.4) is 0 Å². The van der Waals surface area contributed by atoms with Crippen molar-refractivity contribution in [2.45, 2.75) is 26.2 Å². The van der Waals surface area contributed by atoms with Gasteiger partial charge in [0.2, 0.25) is 5.12 Å². The van der Waals surface area contributed by atoms with Gasteiger partial charge in [-0.3, -0.25) is 4.79 Å². The molecule has 0 aromatic heterocycles. The Kier molecular flexibility index (Phi) is 10.1. The normalized spacial score (nSPS) is 16.3. The van der Waals surface area contributed by atoms with Gasteiger partial charge >= 0.3 is 0 Å². The summed E-state index contributed by atoms with van der Waals surface area (Å²) in [7, 11) is 0.399. The molecule has 0 spiro atoms. The molecule has 106 valence electrons. The molecular formula is C13H25O3S2+. The summed E-state index contributed by atoms with van der Waals surface area (Å²) in [5, 5.41) is 0.353. The van der Waals surface area contributed by atoms with E-state index in [1.54, 1.807) is 0 Å². The van der Waals surface area contributed by atoms with Crippen molar-refractivity contribution in [1.82, 2.24) is 0 Å². The Labute approximate surface area is 118 Å². The molecule has 0 aromatic carbocycles. The molecule has 0 saturated carbocycles. The van der Waals surface area contributed by atoms with Crippen LogP contribution in [0.1, 0.15) is 26.2 Å². The topological polar surface area (TPSA) is 35.5 Å². The van der Waals surface area contributed by atoms with Crippen LogP contribution in [0, 0.1) is 0 Å². The minimum Gasteiger partial charge on any atom is -0.379 e. The molecule has 0 bridgehead atoms. The van der Waals surface area contributed by atoms with Gasteiger partial charge < -0.3 is 9.47 Å². The van der Waals surface area contributed by atoms with E-state index in [0.717, 1.165) is 24.5 Å². The molecular weight excluding hydrogens is 268 g/mol. The van der Waals surface area contributed by atoms with Crippen molar-refractivity contribution in [3.05, 3.63) is 0 Å². The maximum atomic E-state index is 11.7. The minimum absolute atomic E-state index is 0.353. The van der Waals surface area contributed by atoms with Crippen LogP contribution in [0.5, 0.6) is 0 Å². The number of carbonyl (C=O) groups excluding carboxylic acids is 1. The zero-order valence-corrected chi connectivity index (χ0v) is 13.0. The van der Waals surface area contributed by atoms with Crippen LogP contribution < -0.4 is 0 Å². The van der Waals surface area contributed by atoms with Crippen LogP contribution >= 0.6 is 11.8 Å². The van der Waals surface area contributed by atoms with Gasteiger partial charge in [0, 0.05) is 12.4 Å². The third kappa shape index (κ3) is 8.40. The van der Waals surface area contributed by atoms with Gasteiger partial charge in [-0.25, -0.2) is 0 Å². The van der Waals surface area contributed by atoms with Gasteiger partial charge in [0.15, 0.2) is 5.75 Å². The largest absolute Gasteiger partial charge is 0.379 e. The Balaban J connectivity index is 1.83. The lowest BCUT2D eigenvalue weighted by Gasteiger charge is -2.04. The SMILES string of the molecule is CCCOCCOCCSC(=O)C[S+]1CCCC1. The molecule has 5 heteroatoms. The van der Waals surface area contributed by atoms with Crippen molar-refractivity contribution in [2.75, 3.05) is 49.4 Å². The predicted molar refractivity (Wildman–Crippen MR) is 80.6 cm³/mol. The van der Waals surface area contributed by atoms with E-state index < -0.39 is 0 Å². The molecule has 1 aliphatic heterocycles. The fourth-order valence-corrected chi connectivity index (χ4v) is 5.06. The summed E-state index contributed by atoms with van der Waals surface area (Å²) in [6.45, 7) is 4.85. The van der Waals surface area contributed by atoms with Crippen molar-refractivity contribution in [3.63, 3.8) is 0 Å². The van der Waals surface area contributed by atoms with Gasteiger partial charge in [-0.1, -0.05) is 18.7 Å². The van der Waals surface area contributed by atoms with Crippen molar-refractivity contribution < 1.29 is 14.3 Å². The van der Waals surface area contributed by atoms with Crippen molar-refractivity contribution in [1.29, 1.82) is 0 Å². The number of carbonyl (C=O) groups is 1. The summed E-state index contributed by atoms with van der Waals surface area (Å²) in [5.41, 5.74) is 0. The van der Waals surface area contributed by atoms with Crippen LogP contribution in [0.2, 0.25) is 0 Å².